The number of hydrogen-bond donors (Lipinski definition) is 2. The molecular formula is C20H27N5O2S. The number of rotatable bonds is 7. The summed E-state index contributed by atoms with van der Waals surface area (Å²) in [4.78, 5) is 26.9. The summed E-state index contributed by atoms with van der Waals surface area (Å²) in [5.74, 6) is -0.385. The number of amides is 2. The Morgan fingerprint density at radius 1 is 1.18 bits per heavy atom. The van der Waals surface area contributed by atoms with Crippen LogP contribution in [0, 0.1) is 0 Å². The first-order valence-corrected chi connectivity index (χ1v) is 10.6. The molecule has 1 atom stereocenters. The van der Waals surface area contributed by atoms with Gasteiger partial charge in [-0.15, -0.1) is 10.2 Å². The van der Waals surface area contributed by atoms with Crippen LogP contribution in [-0.4, -0.2) is 52.6 Å². The lowest BCUT2D eigenvalue weighted by molar-refractivity contribution is 0.0938. The molecule has 1 fully saturated rings. The Morgan fingerprint density at radius 3 is 2.64 bits per heavy atom. The van der Waals surface area contributed by atoms with E-state index >= 15 is 0 Å². The molecule has 1 saturated heterocycles. The maximum atomic E-state index is 12.3. The monoisotopic (exact) mass is 401 g/mol. The van der Waals surface area contributed by atoms with Crippen LogP contribution >= 0.6 is 11.3 Å². The van der Waals surface area contributed by atoms with E-state index in [9.17, 15) is 9.59 Å². The van der Waals surface area contributed by atoms with Crippen molar-refractivity contribution >= 4 is 28.8 Å². The molecule has 0 unspecified atom stereocenters. The van der Waals surface area contributed by atoms with Gasteiger partial charge in [0, 0.05) is 30.4 Å². The summed E-state index contributed by atoms with van der Waals surface area (Å²) < 4.78 is 0. The fourth-order valence-electron chi connectivity index (χ4n) is 3.28. The number of nitrogens with one attached hydrogen (secondary N) is 2. The van der Waals surface area contributed by atoms with Gasteiger partial charge in [-0.25, -0.2) is 0 Å². The summed E-state index contributed by atoms with van der Waals surface area (Å²) in [6.45, 7) is 6.85. The first kappa shape index (κ1) is 20.4. The predicted octanol–water partition coefficient (Wildman–Crippen LogP) is 2.96. The van der Waals surface area contributed by atoms with E-state index in [0.29, 0.717) is 28.8 Å². The van der Waals surface area contributed by atoms with Crippen LogP contribution in [0.15, 0.2) is 24.3 Å². The molecule has 0 saturated carbocycles. The molecule has 2 amide bonds. The lowest BCUT2D eigenvalue weighted by atomic mass is 10.0. The Bertz CT molecular complexity index is 805. The minimum Gasteiger partial charge on any atom is -0.351 e. The summed E-state index contributed by atoms with van der Waals surface area (Å²) in [7, 11) is 0. The molecule has 8 heteroatoms. The number of aromatic nitrogens is 2. The lowest BCUT2D eigenvalue weighted by Crippen LogP contribution is -2.42. The molecule has 1 aromatic heterocycles. The average Bonchev–Trinajstić information content (AvgIpc) is 3.19. The molecular weight excluding hydrogens is 374 g/mol. The second kappa shape index (κ2) is 9.75. The van der Waals surface area contributed by atoms with Crippen molar-refractivity contribution in [2.45, 2.75) is 45.6 Å². The van der Waals surface area contributed by atoms with Crippen LogP contribution in [0.25, 0.3) is 0 Å². The van der Waals surface area contributed by atoms with Gasteiger partial charge < -0.3 is 10.6 Å². The molecule has 0 radical (unpaired) electrons. The molecule has 28 heavy (non-hydrogen) atoms. The smallest absolute Gasteiger partial charge is 0.286 e. The molecule has 0 aliphatic carbocycles. The fourth-order valence-corrected chi connectivity index (χ4v) is 3.96. The standard InChI is InChI=1S/C20H27N5O2S/c1-3-17-23-24-20(28-17)19(27)22-16-9-7-15(8-10-16)18(26)21-11-13-25-12-5-4-6-14(25)2/h7-10,14H,3-6,11-13H2,1-2H3,(H,21,26)(H,22,27)/t14-/m1/s1. The Balaban J connectivity index is 1.47. The number of likely N-dealkylation sites (tertiary alicyclic amines) is 1. The number of nitrogens with zero attached hydrogens (tertiary/aromatic N) is 3. The number of anilines is 1. The Kier molecular flexibility index (Phi) is 7.11. The summed E-state index contributed by atoms with van der Waals surface area (Å²) in [6, 6.07) is 7.47. The van der Waals surface area contributed by atoms with Crippen LogP contribution in [-0.2, 0) is 6.42 Å². The highest BCUT2D eigenvalue weighted by Gasteiger charge is 2.18. The first-order valence-electron chi connectivity index (χ1n) is 9.83. The molecule has 1 aromatic carbocycles. The molecule has 0 bridgehead atoms. The average molecular weight is 402 g/mol. The largest absolute Gasteiger partial charge is 0.351 e. The van der Waals surface area contributed by atoms with Crippen LogP contribution in [0.1, 0.15) is 58.3 Å². The number of aryl methyl sites for hydroxylation is 1. The van der Waals surface area contributed by atoms with E-state index in [1.165, 1.54) is 30.6 Å². The molecule has 2 N–H and O–H groups in total. The Labute approximate surface area is 169 Å². The van der Waals surface area contributed by atoms with Gasteiger partial charge in [0.05, 0.1) is 0 Å². The molecule has 2 aromatic rings. The van der Waals surface area contributed by atoms with E-state index in [1.807, 2.05) is 6.92 Å². The summed E-state index contributed by atoms with van der Waals surface area (Å²) in [5, 5.41) is 14.8. The zero-order chi connectivity index (χ0) is 19.9. The van der Waals surface area contributed by atoms with Gasteiger partial charge in [-0.3, -0.25) is 14.5 Å². The van der Waals surface area contributed by atoms with Gasteiger partial charge in [-0.1, -0.05) is 24.7 Å². The molecule has 150 valence electrons. The topological polar surface area (TPSA) is 87.2 Å². The predicted molar refractivity (Wildman–Crippen MR) is 111 cm³/mol. The molecule has 1 aliphatic rings. The number of piperidine rings is 1. The third-order valence-electron chi connectivity index (χ3n) is 4.99. The van der Waals surface area contributed by atoms with Crippen LogP contribution in [0.2, 0.25) is 0 Å². The van der Waals surface area contributed by atoms with Crippen LogP contribution in [0.5, 0.6) is 0 Å². The van der Waals surface area contributed by atoms with Crippen LogP contribution in [0.4, 0.5) is 5.69 Å². The third kappa shape index (κ3) is 5.36. The van der Waals surface area contributed by atoms with E-state index in [-0.39, 0.29) is 11.8 Å². The normalized spacial score (nSPS) is 17.3. The maximum Gasteiger partial charge on any atom is 0.286 e. The van der Waals surface area contributed by atoms with Crippen LogP contribution in [0.3, 0.4) is 0 Å². The Morgan fingerprint density at radius 2 is 1.96 bits per heavy atom. The second-order valence-corrected chi connectivity index (χ2v) is 8.08. The molecule has 3 rings (SSSR count). The quantitative estimate of drug-likeness (QED) is 0.745. The highest BCUT2D eigenvalue weighted by molar-refractivity contribution is 7.13. The summed E-state index contributed by atoms with van der Waals surface area (Å²) in [5.41, 5.74) is 1.20. The summed E-state index contributed by atoms with van der Waals surface area (Å²) >= 11 is 1.29. The minimum atomic E-state index is -0.287. The van der Waals surface area contributed by atoms with Crippen molar-refractivity contribution in [1.82, 2.24) is 20.4 Å². The molecule has 0 spiro atoms. The first-order chi connectivity index (χ1) is 13.6. The fraction of sp³-hybridized carbons (Fsp3) is 0.500. The van der Waals surface area contributed by atoms with E-state index in [0.717, 1.165) is 24.5 Å². The maximum absolute atomic E-state index is 12.3. The number of carbonyl (C=O) groups is 2. The Hall–Kier alpha value is -2.32. The highest BCUT2D eigenvalue weighted by atomic mass is 32.1. The number of benzene rings is 1. The van der Waals surface area contributed by atoms with Crippen molar-refractivity contribution in [3.8, 4) is 0 Å². The molecule has 7 nitrogen and oxygen atoms in total. The second-order valence-electron chi connectivity index (χ2n) is 7.02. The van der Waals surface area contributed by atoms with Crippen molar-refractivity contribution in [1.29, 1.82) is 0 Å². The zero-order valence-electron chi connectivity index (χ0n) is 16.4. The highest BCUT2D eigenvalue weighted by Crippen LogP contribution is 2.16. The van der Waals surface area contributed by atoms with E-state index < -0.39 is 0 Å². The van der Waals surface area contributed by atoms with Gasteiger partial charge in [0.1, 0.15) is 5.01 Å². The van der Waals surface area contributed by atoms with Crippen molar-refractivity contribution in [3.63, 3.8) is 0 Å². The van der Waals surface area contributed by atoms with Gasteiger partial charge in [0.2, 0.25) is 5.01 Å². The minimum absolute atomic E-state index is 0.0979. The van der Waals surface area contributed by atoms with Crippen molar-refractivity contribution < 1.29 is 9.59 Å². The van der Waals surface area contributed by atoms with Gasteiger partial charge in [0.25, 0.3) is 11.8 Å². The van der Waals surface area contributed by atoms with E-state index in [4.69, 9.17) is 0 Å². The summed E-state index contributed by atoms with van der Waals surface area (Å²) in [6.07, 6.45) is 4.53. The van der Waals surface area contributed by atoms with Crippen molar-refractivity contribution in [2.24, 2.45) is 0 Å². The number of hydrogen-bond acceptors (Lipinski definition) is 6. The molecule has 1 aliphatic heterocycles. The lowest BCUT2D eigenvalue weighted by Gasteiger charge is -2.33. The third-order valence-corrected chi connectivity index (χ3v) is 6.06. The SMILES string of the molecule is CCc1nnc(C(=O)Nc2ccc(C(=O)NCCN3CCCC[C@H]3C)cc2)s1. The van der Waals surface area contributed by atoms with E-state index in [1.54, 1.807) is 24.3 Å². The number of carbonyl (C=O) groups excluding carboxylic acids is 2. The van der Waals surface area contributed by atoms with Crippen LogP contribution < -0.4 is 10.6 Å². The van der Waals surface area contributed by atoms with Gasteiger partial charge in [-0.2, -0.15) is 0 Å². The van der Waals surface area contributed by atoms with E-state index in [2.05, 4.69) is 32.7 Å². The van der Waals surface area contributed by atoms with Crippen molar-refractivity contribution in [2.75, 3.05) is 25.0 Å². The van der Waals surface area contributed by atoms with Crippen molar-refractivity contribution in [3.05, 3.63) is 39.8 Å². The van der Waals surface area contributed by atoms with Gasteiger partial charge in [0.15, 0.2) is 0 Å². The molecule has 2 heterocycles. The van der Waals surface area contributed by atoms with Gasteiger partial charge >= 0.3 is 0 Å². The van der Waals surface area contributed by atoms with Gasteiger partial charge in [-0.05, 0) is 57.0 Å². The zero-order valence-corrected chi connectivity index (χ0v) is 17.2.